The zero-order valence-corrected chi connectivity index (χ0v) is 17.5. The van der Waals surface area contributed by atoms with E-state index in [0.29, 0.717) is 38.3 Å². The molecule has 29 heavy (non-hydrogen) atoms. The third-order valence-electron chi connectivity index (χ3n) is 4.27. The second-order valence-corrected chi connectivity index (χ2v) is 7.82. The number of hydrogen-bond donors (Lipinski definition) is 2. The van der Waals surface area contributed by atoms with Crippen molar-refractivity contribution >= 4 is 50.5 Å². The number of carbonyl (C=O) groups is 2. The fraction of sp³-hybridized carbons (Fsp3) is 0.238. The lowest BCUT2D eigenvalue weighted by atomic mass is 10.1. The van der Waals surface area contributed by atoms with Gasteiger partial charge in [0.15, 0.2) is 0 Å². The first kappa shape index (κ1) is 21.2. The minimum atomic E-state index is -0.393. The lowest BCUT2D eigenvalue weighted by Crippen LogP contribution is -2.24. The fourth-order valence-corrected chi connectivity index (χ4v) is 4.31. The van der Waals surface area contributed by atoms with Gasteiger partial charge in [-0.25, -0.2) is 4.39 Å². The summed E-state index contributed by atoms with van der Waals surface area (Å²) < 4.78 is 20.1. The van der Waals surface area contributed by atoms with Crippen LogP contribution in [0.5, 0.6) is 0 Å². The van der Waals surface area contributed by atoms with Gasteiger partial charge in [-0.2, -0.15) is 0 Å². The van der Waals surface area contributed by atoms with Crippen molar-refractivity contribution in [2.24, 2.45) is 0 Å². The molecule has 2 aromatic carbocycles. The number of halogens is 2. The van der Waals surface area contributed by atoms with Crippen LogP contribution in [0, 0.1) is 5.82 Å². The predicted octanol–water partition coefficient (Wildman–Crippen LogP) is 5.23. The number of hydrogen-bond acceptors (Lipinski definition) is 4. The average Bonchev–Trinajstić information content (AvgIpc) is 3.06. The van der Waals surface area contributed by atoms with Gasteiger partial charge in [0.2, 0.25) is 0 Å². The van der Waals surface area contributed by atoms with Gasteiger partial charge in [0, 0.05) is 35.0 Å². The molecular weight excluding hydrogens is 415 g/mol. The fourth-order valence-electron chi connectivity index (χ4n) is 2.93. The van der Waals surface area contributed by atoms with E-state index in [-0.39, 0.29) is 17.5 Å². The van der Waals surface area contributed by atoms with Crippen LogP contribution in [-0.2, 0) is 11.3 Å². The van der Waals surface area contributed by atoms with Crippen LogP contribution in [0.2, 0.25) is 5.02 Å². The van der Waals surface area contributed by atoms with Crippen LogP contribution in [0.1, 0.15) is 38.9 Å². The molecule has 0 radical (unpaired) electrons. The first-order chi connectivity index (χ1) is 14.0. The number of amides is 2. The summed E-state index contributed by atoms with van der Waals surface area (Å²) in [7, 11) is 1.49. The van der Waals surface area contributed by atoms with Crippen molar-refractivity contribution in [3.8, 4) is 0 Å². The summed E-state index contributed by atoms with van der Waals surface area (Å²) >= 11 is 7.42. The summed E-state index contributed by atoms with van der Waals surface area (Å²) in [5.74, 6) is -1.05. The Morgan fingerprint density at radius 2 is 2.00 bits per heavy atom. The highest BCUT2D eigenvalue weighted by molar-refractivity contribution is 7.21. The second-order valence-electron chi connectivity index (χ2n) is 6.36. The maximum atomic E-state index is 14.3. The molecule has 0 saturated heterocycles. The van der Waals surface area contributed by atoms with E-state index in [1.54, 1.807) is 24.3 Å². The molecule has 8 heteroatoms. The number of rotatable bonds is 7. The second kappa shape index (κ2) is 9.35. The van der Waals surface area contributed by atoms with Crippen LogP contribution >= 0.6 is 22.9 Å². The summed E-state index contributed by atoms with van der Waals surface area (Å²) in [6, 6.07) is 9.41. The number of fused-ring (bicyclic) bond motifs is 1. The van der Waals surface area contributed by atoms with Gasteiger partial charge >= 0.3 is 0 Å². The van der Waals surface area contributed by atoms with Gasteiger partial charge in [0.25, 0.3) is 11.8 Å². The molecule has 0 fully saturated rings. The third-order valence-corrected chi connectivity index (χ3v) is 5.77. The molecule has 3 rings (SSSR count). The molecule has 2 N–H and O–H groups in total. The third kappa shape index (κ3) is 4.58. The molecule has 0 bridgehead atoms. The van der Waals surface area contributed by atoms with Crippen molar-refractivity contribution in [1.82, 2.24) is 5.32 Å². The van der Waals surface area contributed by atoms with E-state index in [1.807, 2.05) is 6.92 Å². The van der Waals surface area contributed by atoms with Crippen LogP contribution in [0.15, 0.2) is 36.4 Å². The lowest BCUT2D eigenvalue weighted by Gasteiger charge is -2.09. The number of carbonyl (C=O) groups excluding carboxylic acids is 2. The topological polar surface area (TPSA) is 67.4 Å². The number of nitrogens with one attached hydrogen (secondary N) is 2. The van der Waals surface area contributed by atoms with Crippen LogP contribution in [0.3, 0.4) is 0 Å². The van der Waals surface area contributed by atoms with Crippen molar-refractivity contribution in [3.63, 3.8) is 0 Å². The first-order valence-corrected chi connectivity index (χ1v) is 10.2. The summed E-state index contributed by atoms with van der Waals surface area (Å²) in [4.78, 5) is 25.3. The molecule has 0 atom stereocenters. The highest BCUT2D eigenvalue weighted by atomic mass is 35.5. The Morgan fingerprint density at radius 1 is 1.21 bits per heavy atom. The van der Waals surface area contributed by atoms with Gasteiger partial charge in [-0.1, -0.05) is 24.6 Å². The largest absolute Gasteiger partial charge is 0.380 e. The van der Waals surface area contributed by atoms with Gasteiger partial charge in [0.1, 0.15) is 5.82 Å². The van der Waals surface area contributed by atoms with Crippen molar-refractivity contribution in [3.05, 3.63) is 63.2 Å². The number of methoxy groups -OCH3 is 1. The van der Waals surface area contributed by atoms with Gasteiger partial charge in [-0.3, -0.25) is 9.59 Å². The average molecular weight is 435 g/mol. The van der Waals surface area contributed by atoms with Crippen molar-refractivity contribution in [2.45, 2.75) is 20.0 Å². The normalized spacial score (nSPS) is 10.9. The minimum absolute atomic E-state index is 0.112. The number of ether oxygens (including phenoxy) is 1. The van der Waals surface area contributed by atoms with Crippen LogP contribution in [0.4, 0.5) is 10.1 Å². The molecule has 1 aromatic heterocycles. The Morgan fingerprint density at radius 3 is 2.69 bits per heavy atom. The van der Waals surface area contributed by atoms with Crippen LogP contribution < -0.4 is 10.6 Å². The molecule has 1 heterocycles. The van der Waals surface area contributed by atoms with Gasteiger partial charge in [-0.15, -0.1) is 11.3 Å². The van der Waals surface area contributed by atoms with E-state index in [9.17, 15) is 14.0 Å². The van der Waals surface area contributed by atoms with Crippen LogP contribution in [-0.4, -0.2) is 25.5 Å². The van der Waals surface area contributed by atoms with E-state index in [2.05, 4.69) is 10.6 Å². The molecule has 0 spiro atoms. The molecule has 0 aliphatic heterocycles. The molecule has 0 unspecified atom stereocenters. The van der Waals surface area contributed by atoms with E-state index in [0.717, 1.165) is 6.42 Å². The Kier molecular flexibility index (Phi) is 6.84. The zero-order chi connectivity index (χ0) is 21.0. The summed E-state index contributed by atoms with van der Waals surface area (Å²) in [5.41, 5.74) is 1.28. The van der Waals surface area contributed by atoms with Gasteiger partial charge in [-0.05, 0) is 36.8 Å². The molecular formula is C21H20ClFN2O3S. The number of anilines is 1. The Labute approximate surface area is 176 Å². The van der Waals surface area contributed by atoms with E-state index in [1.165, 1.54) is 30.6 Å². The highest BCUT2D eigenvalue weighted by Crippen LogP contribution is 2.34. The van der Waals surface area contributed by atoms with E-state index >= 15 is 0 Å². The quantitative estimate of drug-likeness (QED) is 0.534. The van der Waals surface area contributed by atoms with Gasteiger partial charge in [0.05, 0.1) is 22.1 Å². The standard InChI is InChI=1S/C21H20ClFN2O3S/c1-3-9-24-20(26)13-8-7-12(10-15(13)22)25-21(27)19-14(11-28-2)18-16(23)5-4-6-17(18)29-19/h4-8,10H,3,9,11H2,1-2H3,(H,24,26)(H,25,27). The molecule has 0 aliphatic carbocycles. The maximum Gasteiger partial charge on any atom is 0.266 e. The molecule has 0 aliphatic rings. The highest BCUT2D eigenvalue weighted by Gasteiger charge is 2.21. The Hall–Kier alpha value is -2.48. The molecule has 3 aromatic rings. The van der Waals surface area contributed by atoms with E-state index in [4.69, 9.17) is 16.3 Å². The Balaban J connectivity index is 1.87. The number of thiophene rings is 1. The number of benzene rings is 2. The van der Waals surface area contributed by atoms with E-state index < -0.39 is 11.7 Å². The first-order valence-electron chi connectivity index (χ1n) is 9.04. The molecule has 2 amide bonds. The SMILES string of the molecule is CCCNC(=O)c1ccc(NC(=O)c2sc3cccc(F)c3c2COC)cc1Cl. The van der Waals surface area contributed by atoms with Crippen molar-refractivity contribution in [2.75, 3.05) is 19.0 Å². The summed E-state index contributed by atoms with van der Waals surface area (Å²) in [6.45, 7) is 2.62. The van der Waals surface area contributed by atoms with Crippen molar-refractivity contribution < 1.29 is 18.7 Å². The lowest BCUT2D eigenvalue weighted by molar-refractivity contribution is 0.0953. The zero-order valence-electron chi connectivity index (χ0n) is 16.0. The Bertz CT molecular complexity index is 1070. The summed E-state index contributed by atoms with van der Waals surface area (Å²) in [5, 5.41) is 6.15. The van der Waals surface area contributed by atoms with Crippen LogP contribution in [0.25, 0.3) is 10.1 Å². The molecule has 5 nitrogen and oxygen atoms in total. The summed E-state index contributed by atoms with van der Waals surface area (Å²) in [6.07, 6.45) is 0.817. The molecule has 0 saturated carbocycles. The maximum absolute atomic E-state index is 14.3. The minimum Gasteiger partial charge on any atom is -0.380 e. The predicted molar refractivity (Wildman–Crippen MR) is 115 cm³/mol. The van der Waals surface area contributed by atoms with Crippen molar-refractivity contribution in [1.29, 1.82) is 0 Å². The molecule has 152 valence electrons. The monoisotopic (exact) mass is 434 g/mol. The van der Waals surface area contributed by atoms with Gasteiger partial charge < -0.3 is 15.4 Å². The smallest absolute Gasteiger partial charge is 0.266 e.